The maximum Gasteiger partial charge on any atom is 0.335 e. The van der Waals surface area contributed by atoms with Gasteiger partial charge in [-0.05, 0) is 61.5 Å². The van der Waals surface area contributed by atoms with Crippen LogP contribution < -0.4 is 15.0 Å². The van der Waals surface area contributed by atoms with E-state index in [1.54, 1.807) is 42.5 Å². The van der Waals surface area contributed by atoms with Crippen molar-refractivity contribution in [3.05, 3.63) is 77.8 Å². The molecule has 156 valence electrons. The van der Waals surface area contributed by atoms with Gasteiger partial charge >= 0.3 is 6.03 Å². The molecule has 0 bridgehead atoms. The fourth-order valence-electron chi connectivity index (χ4n) is 3.11. The second-order valence-corrected chi connectivity index (χ2v) is 6.60. The van der Waals surface area contributed by atoms with E-state index in [0.29, 0.717) is 23.7 Å². The molecule has 1 fully saturated rings. The van der Waals surface area contributed by atoms with E-state index in [4.69, 9.17) is 9.15 Å². The minimum Gasteiger partial charge on any atom is -0.494 e. The van der Waals surface area contributed by atoms with Crippen LogP contribution in [0.25, 0.3) is 17.4 Å². The van der Waals surface area contributed by atoms with Crippen LogP contribution in [-0.2, 0) is 9.59 Å². The van der Waals surface area contributed by atoms with Gasteiger partial charge in [-0.3, -0.25) is 14.9 Å². The Labute approximate surface area is 176 Å². The van der Waals surface area contributed by atoms with Crippen molar-refractivity contribution in [2.75, 3.05) is 11.5 Å². The van der Waals surface area contributed by atoms with Crippen molar-refractivity contribution in [2.24, 2.45) is 0 Å². The molecule has 3 aromatic rings. The summed E-state index contributed by atoms with van der Waals surface area (Å²) in [4.78, 5) is 38.5. The van der Waals surface area contributed by atoms with Crippen molar-refractivity contribution in [2.45, 2.75) is 6.92 Å². The molecule has 4 amide bonds. The van der Waals surface area contributed by atoms with Gasteiger partial charge in [0.15, 0.2) is 0 Å². The summed E-state index contributed by atoms with van der Waals surface area (Å²) in [6.45, 7) is 2.23. The third kappa shape index (κ3) is 4.09. The molecule has 4 rings (SSSR count). The van der Waals surface area contributed by atoms with Gasteiger partial charge < -0.3 is 9.15 Å². The SMILES string of the molecule is CCOc1cccc(N2C(=O)NC(=O)C(=Cc3ccc(-c4ccc(F)cc4)o3)C2=O)c1. The molecule has 1 N–H and O–H groups in total. The normalized spacial score (nSPS) is 15.4. The average Bonchev–Trinajstić information content (AvgIpc) is 3.21. The number of barbiturate groups is 1. The molecule has 1 aromatic heterocycles. The van der Waals surface area contributed by atoms with Crippen molar-refractivity contribution in [3.8, 4) is 17.1 Å². The molecule has 0 spiro atoms. The summed E-state index contributed by atoms with van der Waals surface area (Å²) in [6.07, 6.45) is 1.26. The molecule has 0 aliphatic carbocycles. The Kier molecular flexibility index (Phi) is 5.36. The zero-order valence-corrected chi connectivity index (χ0v) is 16.4. The summed E-state index contributed by atoms with van der Waals surface area (Å²) in [7, 11) is 0. The van der Waals surface area contributed by atoms with Gasteiger partial charge in [-0.25, -0.2) is 14.1 Å². The molecule has 31 heavy (non-hydrogen) atoms. The topological polar surface area (TPSA) is 88.8 Å². The average molecular weight is 420 g/mol. The van der Waals surface area contributed by atoms with Gasteiger partial charge in [0.05, 0.1) is 12.3 Å². The van der Waals surface area contributed by atoms with Crippen molar-refractivity contribution in [3.63, 3.8) is 0 Å². The van der Waals surface area contributed by atoms with Crippen LogP contribution in [0.5, 0.6) is 5.75 Å². The van der Waals surface area contributed by atoms with E-state index in [0.717, 1.165) is 4.90 Å². The summed E-state index contributed by atoms with van der Waals surface area (Å²) in [5, 5.41) is 2.16. The maximum atomic E-state index is 13.1. The Balaban J connectivity index is 1.65. The summed E-state index contributed by atoms with van der Waals surface area (Å²) < 4.78 is 24.2. The van der Waals surface area contributed by atoms with E-state index in [-0.39, 0.29) is 22.8 Å². The Hall–Kier alpha value is -4.20. The van der Waals surface area contributed by atoms with Gasteiger partial charge in [0, 0.05) is 11.6 Å². The van der Waals surface area contributed by atoms with Crippen LogP contribution in [0.2, 0.25) is 0 Å². The van der Waals surface area contributed by atoms with Crippen LogP contribution >= 0.6 is 0 Å². The zero-order valence-electron chi connectivity index (χ0n) is 16.4. The number of anilines is 1. The molecule has 2 heterocycles. The third-order valence-electron chi connectivity index (χ3n) is 4.53. The second kappa shape index (κ2) is 8.27. The molecule has 2 aromatic carbocycles. The number of hydrogen-bond donors (Lipinski definition) is 1. The Morgan fingerprint density at radius 1 is 1.06 bits per heavy atom. The van der Waals surface area contributed by atoms with E-state index in [9.17, 15) is 18.8 Å². The highest BCUT2D eigenvalue weighted by molar-refractivity contribution is 6.39. The van der Waals surface area contributed by atoms with Crippen molar-refractivity contribution in [1.29, 1.82) is 0 Å². The molecule has 0 radical (unpaired) electrons. The molecule has 1 aliphatic rings. The van der Waals surface area contributed by atoms with E-state index < -0.39 is 17.8 Å². The maximum absolute atomic E-state index is 13.1. The van der Waals surface area contributed by atoms with Crippen LogP contribution in [0.4, 0.5) is 14.9 Å². The number of carbonyl (C=O) groups is 3. The number of urea groups is 1. The van der Waals surface area contributed by atoms with Crippen LogP contribution in [0.15, 0.2) is 70.7 Å². The van der Waals surface area contributed by atoms with Crippen LogP contribution in [0, 0.1) is 5.82 Å². The molecule has 0 atom stereocenters. The lowest BCUT2D eigenvalue weighted by Crippen LogP contribution is -2.54. The number of imide groups is 2. The van der Waals surface area contributed by atoms with E-state index in [1.807, 2.05) is 6.92 Å². The van der Waals surface area contributed by atoms with Crippen LogP contribution in [-0.4, -0.2) is 24.5 Å². The summed E-state index contributed by atoms with van der Waals surface area (Å²) in [6, 6.07) is 14.5. The largest absolute Gasteiger partial charge is 0.494 e. The van der Waals surface area contributed by atoms with E-state index >= 15 is 0 Å². The van der Waals surface area contributed by atoms with Crippen molar-refractivity contribution in [1.82, 2.24) is 5.32 Å². The lowest BCUT2D eigenvalue weighted by atomic mass is 10.1. The first-order valence-electron chi connectivity index (χ1n) is 9.46. The van der Waals surface area contributed by atoms with Gasteiger partial charge in [-0.1, -0.05) is 6.07 Å². The predicted molar refractivity (Wildman–Crippen MR) is 111 cm³/mol. The first kappa shape index (κ1) is 20.1. The first-order valence-corrected chi connectivity index (χ1v) is 9.46. The highest BCUT2D eigenvalue weighted by Gasteiger charge is 2.37. The number of amides is 4. The standard InChI is InChI=1S/C23H17FN2O5/c1-2-30-17-5-3-4-16(12-17)26-22(28)19(21(27)25-23(26)29)13-18-10-11-20(31-18)14-6-8-15(24)9-7-14/h3-13H,2H2,1H3,(H,25,27,29). The molecule has 8 heteroatoms. The number of carbonyl (C=O) groups excluding carboxylic acids is 3. The Morgan fingerprint density at radius 2 is 1.84 bits per heavy atom. The van der Waals surface area contributed by atoms with Crippen LogP contribution in [0.3, 0.4) is 0 Å². The minimum absolute atomic E-state index is 0.232. The molecule has 0 unspecified atom stereocenters. The smallest absolute Gasteiger partial charge is 0.335 e. The third-order valence-corrected chi connectivity index (χ3v) is 4.53. The van der Waals surface area contributed by atoms with Gasteiger partial charge in [-0.2, -0.15) is 0 Å². The zero-order chi connectivity index (χ0) is 22.0. The number of furan rings is 1. The lowest BCUT2D eigenvalue weighted by Gasteiger charge is -2.26. The van der Waals surface area contributed by atoms with Gasteiger partial charge in [0.1, 0.15) is 28.7 Å². The van der Waals surface area contributed by atoms with Crippen LogP contribution in [0.1, 0.15) is 12.7 Å². The quantitative estimate of drug-likeness (QED) is 0.495. The number of ether oxygens (including phenoxy) is 1. The fraction of sp³-hybridized carbons (Fsp3) is 0.0870. The minimum atomic E-state index is -0.854. The van der Waals surface area contributed by atoms with Gasteiger partial charge in [0.25, 0.3) is 11.8 Å². The fourth-order valence-corrected chi connectivity index (χ4v) is 3.11. The molecule has 0 saturated carbocycles. The number of benzene rings is 2. The lowest BCUT2D eigenvalue weighted by molar-refractivity contribution is -0.122. The molecule has 1 aliphatic heterocycles. The molecular formula is C23H17FN2O5. The summed E-state index contributed by atoms with van der Waals surface area (Å²) in [5.41, 5.74) is 0.634. The number of nitrogens with one attached hydrogen (secondary N) is 1. The highest BCUT2D eigenvalue weighted by atomic mass is 19.1. The first-order chi connectivity index (χ1) is 15.0. The predicted octanol–water partition coefficient (Wildman–Crippen LogP) is 4.15. The highest BCUT2D eigenvalue weighted by Crippen LogP contribution is 2.27. The van der Waals surface area contributed by atoms with Crippen molar-refractivity contribution < 1.29 is 27.9 Å². The van der Waals surface area contributed by atoms with Gasteiger partial charge in [0.2, 0.25) is 0 Å². The molecule has 7 nitrogen and oxygen atoms in total. The monoisotopic (exact) mass is 420 g/mol. The number of rotatable bonds is 5. The second-order valence-electron chi connectivity index (χ2n) is 6.60. The summed E-state index contributed by atoms with van der Waals surface area (Å²) >= 11 is 0. The summed E-state index contributed by atoms with van der Waals surface area (Å²) in [5.74, 6) is -0.838. The Bertz CT molecular complexity index is 1200. The molecular weight excluding hydrogens is 403 g/mol. The number of halogens is 1. The molecule has 1 saturated heterocycles. The number of nitrogens with zero attached hydrogens (tertiary/aromatic N) is 1. The van der Waals surface area contributed by atoms with Gasteiger partial charge in [-0.15, -0.1) is 0 Å². The Morgan fingerprint density at radius 3 is 2.58 bits per heavy atom. The van der Waals surface area contributed by atoms with E-state index in [1.165, 1.54) is 24.3 Å². The van der Waals surface area contributed by atoms with E-state index in [2.05, 4.69) is 5.32 Å². The number of hydrogen-bond acceptors (Lipinski definition) is 5. The van der Waals surface area contributed by atoms with Crippen molar-refractivity contribution >= 4 is 29.6 Å².